The summed E-state index contributed by atoms with van der Waals surface area (Å²) in [5, 5.41) is 0.725. The van der Waals surface area contributed by atoms with Gasteiger partial charge in [0, 0.05) is 23.6 Å². The zero-order valence-electron chi connectivity index (χ0n) is 22.1. The Labute approximate surface area is 231 Å². The standard InChI is InChI=1S/C28H33FN4O3S2/c1-19-25(26(34)31-38-32(2)3)30-24(37-19)18-33(17-5-6-20-7-11-22(29)12-8-20)27(35)28(15-16-28)21-9-13-23(36-4)14-10-21/h7-14H,5-6,15-18H2,1-4H3,(H,31,34). The summed E-state index contributed by atoms with van der Waals surface area (Å²) in [6, 6.07) is 14.2. The van der Waals surface area contributed by atoms with Crippen molar-refractivity contribution in [1.82, 2.24) is 18.9 Å². The second-order valence-corrected chi connectivity index (χ2v) is 12.0. The number of aromatic nitrogens is 1. The average molecular weight is 557 g/mol. The zero-order valence-corrected chi connectivity index (χ0v) is 23.8. The molecule has 0 spiro atoms. The maximum atomic E-state index is 14.0. The Morgan fingerprint density at radius 2 is 1.82 bits per heavy atom. The first-order chi connectivity index (χ1) is 18.2. The summed E-state index contributed by atoms with van der Waals surface area (Å²) < 4.78 is 23.2. The molecule has 1 saturated carbocycles. The molecule has 4 rings (SSSR count). The van der Waals surface area contributed by atoms with Gasteiger partial charge in [-0.1, -0.05) is 24.3 Å². The van der Waals surface area contributed by atoms with Gasteiger partial charge < -0.3 is 9.64 Å². The molecule has 0 saturated heterocycles. The number of thiazole rings is 1. The van der Waals surface area contributed by atoms with Gasteiger partial charge in [-0.3, -0.25) is 14.3 Å². The first-order valence-corrected chi connectivity index (χ1v) is 14.1. The van der Waals surface area contributed by atoms with Crippen molar-refractivity contribution >= 4 is 35.3 Å². The van der Waals surface area contributed by atoms with E-state index in [2.05, 4.69) is 9.71 Å². The number of methoxy groups -OCH3 is 1. The maximum Gasteiger partial charge on any atom is 0.281 e. The number of amides is 2. The fourth-order valence-electron chi connectivity index (χ4n) is 4.42. The Hall–Kier alpha value is -2.95. The van der Waals surface area contributed by atoms with Crippen LogP contribution >= 0.6 is 23.5 Å². The molecule has 0 unspecified atom stereocenters. The third kappa shape index (κ3) is 6.73. The van der Waals surface area contributed by atoms with E-state index in [-0.39, 0.29) is 17.6 Å². The van der Waals surface area contributed by atoms with E-state index in [9.17, 15) is 14.0 Å². The van der Waals surface area contributed by atoms with Crippen LogP contribution in [0.15, 0.2) is 48.5 Å². The summed E-state index contributed by atoms with van der Waals surface area (Å²) >= 11 is 2.63. The highest BCUT2D eigenvalue weighted by atomic mass is 32.2. The molecule has 0 aliphatic heterocycles. The molecule has 0 atom stereocenters. The van der Waals surface area contributed by atoms with Crippen LogP contribution in [0.3, 0.4) is 0 Å². The predicted octanol–water partition coefficient (Wildman–Crippen LogP) is 5.15. The smallest absolute Gasteiger partial charge is 0.281 e. The minimum atomic E-state index is -0.545. The van der Waals surface area contributed by atoms with Crippen LogP contribution in [-0.2, 0) is 23.2 Å². The number of aryl methyl sites for hydroxylation is 2. The third-order valence-corrected chi connectivity index (χ3v) is 8.20. The molecule has 7 nitrogen and oxygen atoms in total. The molecule has 0 bridgehead atoms. The molecule has 10 heteroatoms. The van der Waals surface area contributed by atoms with Crippen molar-refractivity contribution in [2.24, 2.45) is 0 Å². The maximum absolute atomic E-state index is 14.0. The van der Waals surface area contributed by atoms with Crippen molar-refractivity contribution in [2.75, 3.05) is 27.7 Å². The quantitative estimate of drug-likeness (QED) is 0.311. The minimum Gasteiger partial charge on any atom is -0.497 e. The number of ether oxygens (including phenoxy) is 1. The molecule has 38 heavy (non-hydrogen) atoms. The van der Waals surface area contributed by atoms with Crippen molar-refractivity contribution < 1.29 is 18.7 Å². The molecule has 2 amide bonds. The summed E-state index contributed by atoms with van der Waals surface area (Å²) in [6.07, 6.45) is 3.04. The van der Waals surface area contributed by atoms with Crippen LogP contribution in [0.2, 0.25) is 0 Å². The van der Waals surface area contributed by atoms with Crippen LogP contribution in [0.5, 0.6) is 5.75 Å². The number of carbonyl (C=O) groups excluding carboxylic acids is 2. The number of benzene rings is 2. The molecular formula is C28H33FN4O3S2. The van der Waals surface area contributed by atoms with Gasteiger partial charge >= 0.3 is 0 Å². The predicted molar refractivity (Wildman–Crippen MR) is 150 cm³/mol. The number of nitrogens with zero attached hydrogens (tertiary/aromatic N) is 3. The van der Waals surface area contributed by atoms with Gasteiger partial charge in [0.25, 0.3) is 5.91 Å². The van der Waals surface area contributed by atoms with Gasteiger partial charge in [-0.25, -0.2) is 13.7 Å². The van der Waals surface area contributed by atoms with E-state index in [1.807, 2.05) is 50.2 Å². The molecule has 1 aliphatic rings. The van der Waals surface area contributed by atoms with Gasteiger partial charge in [-0.15, -0.1) is 11.3 Å². The van der Waals surface area contributed by atoms with Gasteiger partial charge in [-0.05, 0) is 82.1 Å². The lowest BCUT2D eigenvalue weighted by atomic mass is 9.94. The largest absolute Gasteiger partial charge is 0.497 e. The number of nitrogens with one attached hydrogen (secondary N) is 1. The SMILES string of the molecule is COc1ccc(C2(C(=O)N(CCCc3ccc(F)cc3)Cc3nc(C(=O)NSN(C)C)c(C)s3)CC2)cc1. The first kappa shape index (κ1) is 28.1. The molecular weight excluding hydrogens is 523 g/mol. The van der Waals surface area contributed by atoms with Gasteiger partial charge in [0.15, 0.2) is 0 Å². The van der Waals surface area contributed by atoms with E-state index in [4.69, 9.17) is 4.74 Å². The van der Waals surface area contributed by atoms with Crippen LogP contribution in [0, 0.1) is 12.7 Å². The summed E-state index contributed by atoms with van der Waals surface area (Å²) in [5.41, 5.74) is 1.85. The van der Waals surface area contributed by atoms with Crippen molar-refractivity contribution in [2.45, 2.75) is 44.6 Å². The first-order valence-electron chi connectivity index (χ1n) is 12.5. The third-order valence-electron chi connectivity index (χ3n) is 6.60. The van der Waals surface area contributed by atoms with Crippen LogP contribution in [-0.4, -0.2) is 53.8 Å². The van der Waals surface area contributed by atoms with E-state index in [0.29, 0.717) is 18.8 Å². The van der Waals surface area contributed by atoms with Crippen molar-refractivity contribution in [3.05, 3.63) is 81.1 Å². The van der Waals surface area contributed by atoms with Crippen molar-refractivity contribution in [3.63, 3.8) is 0 Å². The van der Waals surface area contributed by atoms with Gasteiger partial charge in [0.05, 0.1) is 19.1 Å². The number of carbonyl (C=O) groups is 2. The second kappa shape index (κ2) is 12.3. The highest BCUT2D eigenvalue weighted by molar-refractivity contribution is 7.95. The van der Waals surface area contributed by atoms with E-state index in [0.717, 1.165) is 52.4 Å². The lowest BCUT2D eigenvalue weighted by Crippen LogP contribution is -2.39. The molecule has 1 fully saturated rings. The summed E-state index contributed by atoms with van der Waals surface area (Å²) in [7, 11) is 5.31. The van der Waals surface area contributed by atoms with E-state index >= 15 is 0 Å². The van der Waals surface area contributed by atoms with Gasteiger partial charge in [0.1, 0.15) is 22.3 Å². The molecule has 2 aromatic carbocycles. The van der Waals surface area contributed by atoms with Gasteiger partial charge in [0.2, 0.25) is 5.91 Å². The zero-order chi connectivity index (χ0) is 27.3. The lowest BCUT2D eigenvalue weighted by molar-refractivity contribution is -0.134. The normalized spacial score (nSPS) is 13.8. The summed E-state index contributed by atoms with van der Waals surface area (Å²) in [4.78, 5) is 33.9. The fourth-order valence-corrected chi connectivity index (χ4v) is 5.72. The van der Waals surface area contributed by atoms with Crippen LogP contribution < -0.4 is 9.46 Å². The highest BCUT2D eigenvalue weighted by Crippen LogP contribution is 2.50. The van der Waals surface area contributed by atoms with Crippen molar-refractivity contribution in [3.8, 4) is 5.75 Å². The molecule has 1 N–H and O–H groups in total. The fraction of sp³-hybridized carbons (Fsp3) is 0.393. The number of hydrogen-bond donors (Lipinski definition) is 1. The lowest BCUT2D eigenvalue weighted by Gasteiger charge is -2.27. The van der Waals surface area contributed by atoms with E-state index in [1.54, 1.807) is 23.5 Å². The van der Waals surface area contributed by atoms with E-state index in [1.165, 1.54) is 35.6 Å². The Morgan fingerprint density at radius 3 is 2.42 bits per heavy atom. The van der Waals surface area contributed by atoms with E-state index < -0.39 is 5.41 Å². The summed E-state index contributed by atoms with van der Waals surface area (Å²) in [6.45, 7) is 2.74. The van der Waals surface area contributed by atoms with Crippen LogP contribution in [0.25, 0.3) is 0 Å². The number of hydrogen-bond acceptors (Lipinski definition) is 7. The Kier molecular flexibility index (Phi) is 9.07. The number of halogens is 1. The molecule has 1 aliphatic carbocycles. The summed E-state index contributed by atoms with van der Waals surface area (Å²) in [5.74, 6) is 0.312. The average Bonchev–Trinajstić information content (AvgIpc) is 3.64. The molecule has 1 aromatic heterocycles. The Bertz CT molecular complexity index is 1260. The van der Waals surface area contributed by atoms with Crippen molar-refractivity contribution in [1.29, 1.82) is 0 Å². The highest BCUT2D eigenvalue weighted by Gasteiger charge is 2.53. The molecule has 3 aromatic rings. The minimum absolute atomic E-state index is 0.0730. The Balaban J connectivity index is 1.52. The van der Waals surface area contributed by atoms with Crippen LogP contribution in [0.1, 0.15) is 50.8 Å². The topological polar surface area (TPSA) is 74.8 Å². The number of rotatable bonds is 12. The second-order valence-electron chi connectivity index (χ2n) is 9.61. The Morgan fingerprint density at radius 1 is 1.13 bits per heavy atom. The molecule has 1 heterocycles. The van der Waals surface area contributed by atoms with Crippen LogP contribution in [0.4, 0.5) is 4.39 Å². The molecule has 0 radical (unpaired) electrons. The molecule has 202 valence electrons. The van der Waals surface area contributed by atoms with Gasteiger partial charge in [-0.2, -0.15) is 0 Å². The monoisotopic (exact) mass is 556 g/mol.